The Hall–Kier alpha value is -8.38. The number of aliphatic carboxylic acids is 1. The van der Waals surface area contributed by atoms with Crippen molar-refractivity contribution in [3.63, 3.8) is 0 Å². The van der Waals surface area contributed by atoms with Gasteiger partial charge in [-0.3, -0.25) is 4.79 Å². The van der Waals surface area contributed by atoms with Crippen molar-refractivity contribution in [2.24, 2.45) is 11.8 Å². The smallest absolute Gasteiger partial charge is 0.328 e. The summed E-state index contributed by atoms with van der Waals surface area (Å²) in [4.78, 5) is 19.3. The van der Waals surface area contributed by atoms with E-state index in [1.165, 1.54) is 18.9 Å². The standard InChI is InChI=1S/C33H35FN2O3.C33H37FN2O.CH2O2/c1-3-27(24-5-4-6-26(19-24)39-25-14-7-21(2)8-15-25)32(28-16-17-30(36)29(20-35)33(28)34)23-12-9-22(10-13-23)11-18-31(37)38;1-4-7-23-12-14-24(15-13-23)32(29-18-19-31(36)30(21-35)33(29)34)28(5-2)25-8-6-9-27(20-25)37-26-16-10-22(3)11-17-26;2-1-3/h4-6,9-13,16-21,25,35H,3,7-8,14-15,36H2,1-2H3,(H,37,38);4,6-9,12-15,18-22,26,35H,5,10-11,16-17,36H2,1-3H3;1H,(H,2,3)/b18-11+,32-27+,35-20?;7-4+,32-28+,35-21?;. The van der Waals surface area contributed by atoms with E-state index in [4.69, 9.17) is 46.8 Å². The van der Waals surface area contributed by atoms with E-state index in [0.29, 0.717) is 35.1 Å². The molecule has 0 aliphatic heterocycles. The van der Waals surface area contributed by atoms with Crippen LogP contribution in [0.15, 0.2) is 133 Å². The normalized spacial score (nSPS) is 17.7. The van der Waals surface area contributed by atoms with Crippen LogP contribution in [-0.4, -0.2) is 47.3 Å². The topological polar surface area (TPSA) is 193 Å². The van der Waals surface area contributed by atoms with Crippen LogP contribution in [0.1, 0.15) is 154 Å². The largest absolute Gasteiger partial charge is 0.490 e. The van der Waals surface area contributed by atoms with Gasteiger partial charge in [-0.15, -0.1) is 0 Å². The number of ether oxygens (including phenoxy) is 2. The van der Waals surface area contributed by atoms with Gasteiger partial charge in [0.25, 0.3) is 6.47 Å². The van der Waals surface area contributed by atoms with E-state index < -0.39 is 17.6 Å². The quantitative estimate of drug-likeness (QED) is 0.0171. The fourth-order valence-electron chi connectivity index (χ4n) is 10.4. The van der Waals surface area contributed by atoms with Crippen LogP contribution in [0.4, 0.5) is 20.2 Å². The molecule has 2 fully saturated rings. The average molecular weight is 1070 g/mol. The van der Waals surface area contributed by atoms with E-state index in [0.717, 1.165) is 125 Å². The molecule has 0 aromatic heterocycles. The van der Waals surface area contributed by atoms with Gasteiger partial charge in [-0.1, -0.05) is 113 Å². The van der Waals surface area contributed by atoms with Crippen LogP contribution in [0, 0.1) is 34.3 Å². The minimum Gasteiger partial charge on any atom is -0.490 e. The molecule has 2 aliphatic rings. The Morgan fingerprint density at radius 2 is 0.975 bits per heavy atom. The lowest BCUT2D eigenvalue weighted by Crippen LogP contribution is -2.23. The first-order valence-corrected chi connectivity index (χ1v) is 27.2. The van der Waals surface area contributed by atoms with Gasteiger partial charge in [-0.25, -0.2) is 13.6 Å². The van der Waals surface area contributed by atoms with Crippen LogP contribution in [0.25, 0.3) is 34.4 Å². The van der Waals surface area contributed by atoms with Crippen molar-refractivity contribution in [3.05, 3.63) is 201 Å². The maximum atomic E-state index is 15.8. The minimum absolute atomic E-state index is 0.0464. The predicted molar refractivity (Wildman–Crippen MR) is 320 cm³/mol. The van der Waals surface area contributed by atoms with Crippen molar-refractivity contribution in [1.82, 2.24) is 0 Å². The number of carbonyl (C=O) groups is 2. The Balaban J connectivity index is 0.000000243. The summed E-state index contributed by atoms with van der Waals surface area (Å²) in [5.41, 5.74) is 22.2. The van der Waals surface area contributed by atoms with Gasteiger partial charge in [0, 0.05) is 41.0 Å². The monoisotopic (exact) mass is 1070 g/mol. The van der Waals surface area contributed by atoms with E-state index in [9.17, 15) is 4.79 Å². The summed E-state index contributed by atoms with van der Waals surface area (Å²) in [5, 5.41) is 31.3. The number of anilines is 2. The fraction of sp³-hybridized carbons (Fsp3) is 0.284. The van der Waals surface area contributed by atoms with Gasteiger partial charge in [-0.05, 0) is 193 Å². The minimum atomic E-state index is -1.03. The molecule has 10 nitrogen and oxygen atoms in total. The van der Waals surface area contributed by atoms with Crippen molar-refractivity contribution < 1.29 is 38.1 Å². The van der Waals surface area contributed by atoms with Crippen LogP contribution < -0.4 is 20.9 Å². The number of hydrogen-bond donors (Lipinski definition) is 6. The highest BCUT2D eigenvalue weighted by Crippen LogP contribution is 2.41. The maximum Gasteiger partial charge on any atom is 0.328 e. The lowest BCUT2D eigenvalue weighted by molar-refractivity contribution is -0.131. The molecule has 0 unspecified atom stereocenters. The molecule has 0 atom stereocenters. The summed E-state index contributed by atoms with van der Waals surface area (Å²) in [5.74, 6) is 1.10. The summed E-state index contributed by atoms with van der Waals surface area (Å²) in [6.07, 6.45) is 19.3. The number of nitrogens with two attached hydrogens (primary N) is 2. The Morgan fingerprint density at radius 3 is 1.32 bits per heavy atom. The third-order valence-electron chi connectivity index (χ3n) is 14.6. The summed E-state index contributed by atoms with van der Waals surface area (Å²) < 4.78 is 44.4. The zero-order valence-corrected chi connectivity index (χ0v) is 45.9. The molecule has 0 saturated heterocycles. The molecule has 0 spiro atoms. The zero-order valence-electron chi connectivity index (χ0n) is 45.9. The second kappa shape index (κ2) is 29.4. The number of nitrogens with one attached hydrogen (secondary N) is 2. The number of carboxylic acid groups (broad SMARTS) is 2. The molecular formula is C67H74F2N4O6. The van der Waals surface area contributed by atoms with E-state index in [2.05, 4.69) is 32.9 Å². The van der Waals surface area contributed by atoms with Gasteiger partial charge in [-0.2, -0.15) is 0 Å². The fourth-order valence-corrected chi connectivity index (χ4v) is 10.4. The summed E-state index contributed by atoms with van der Waals surface area (Å²) >= 11 is 0. The lowest BCUT2D eigenvalue weighted by atomic mass is 9.86. The first-order valence-electron chi connectivity index (χ1n) is 27.2. The molecule has 6 aromatic rings. The molecule has 6 aromatic carbocycles. The molecular weight excluding hydrogens is 995 g/mol. The van der Waals surface area contributed by atoms with E-state index in [1.54, 1.807) is 36.4 Å². The SMILES string of the molecule is C/C=C/c1ccc(/C(=C(/CC)c2cccc(OC3CCC(C)CC3)c2)c2ccc(N)c(C=N)c2F)cc1.CC/C(=C(/c1ccc(/C=C/C(=O)O)cc1)c1ccc(N)c(C=N)c1F)c1cccc(OC2CCC(C)CC2)c1.O=CO. The third kappa shape index (κ3) is 15.9. The van der Waals surface area contributed by atoms with Crippen molar-refractivity contribution >= 4 is 70.7 Å². The van der Waals surface area contributed by atoms with Crippen molar-refractivity contribution in [3.8, 4) is 11.5 Å². The number of benzene rings is 6. The molecule has 8 rings (SSSR count). The van der Waals surface area contributed by atoms with Gasteiger partial charge in [0.2, 0.25) is 0 Å². The van der Waals surface area contributed by atoms with E-state index >= 15 is 8.78 Å². The number of carboxylic acids is 1. The Bertz CT molecular complexity index is 3180. The predicted octanol–water partition coefficient (Wildman–Crippen LogP) is 16.3. The van der Waals surface area contributed by atoms with Gasteiger partial charge in [0.05, 0.1) is 23.3 Å². The molecule has 412 valence electrons. The zero-order chi connectivity index (χ0) is 57.0. The highest BCUT2D eigenvalue weighted by molar-refractivity contribution is 6.02. The second-order valence-electron chi connectivity index (χ2n) is 20.1. The van der Waals surface area contributed by atoms with Crippen LogP contribution in [0.5, 0.6) is 11.5 Å². The third-order valence-corrected chi connectivity index (χ3v) is 14.6. The number of rotatable bonds is 17. The number of allylic oxidation sites excluding steroid dienone is 3. The summed E-state index contributed by atoms with van der Waals surface area (Å²) in [6.45, 7) is 10.4. The molecule has 79 heavy (non-hydrogen) atoms. The highest BCUT2D eigenvalue weighted by atomic mass is 19.1. The van der Waals surface area contributed by atoms with Crippen LogP contribution in [0.2, 0.25) is 0 Å². The second-order valence-corrected chi connectivity index (χ2v) is 20.1. The van der Waals surface area contributed by atoms with Crippen LogP contribution >= 0.6 is 0 Å². The summed E-state index contributed by atoms with van der Waals surface area (Å²) in [7, 11) is 0. The maximum absolute atomic E-state index is 15.8. The first-order chi connectivity index (χ1) is 38.2. The van der Waals surface area contributed by atoms with Gasteiger partial charge in [0.15, 0.2) is 0 Å². The Morgan fingerprint density at radius 1 is 0.595 bits per heavy atom. The molecule has 0 heterocycles. The molecule has 2 aliphatic carbocycles. The van der Waals surface area contributed by atoms with Crippen LogP contribution in [0.3, 0.4) is 0 Å². The Kier molecular flexibility index (Phi) is 22.3. The molecule has 2 saturated carbocycles. The molecule has 0 radical (unpaired) electrons. The first kappa shape index (κ1) is 59.9. The van der Waals surface area contributed by atoms with E-state index in [-0.39, 0.29) is 41.2 Å². The van der Waals surface area contributed by atoms with Crippen molar-refractivity contribution in [2.45, 2.75) is 111 Å². The lowest BCUT2D eigenvalue weighted by Gasteiger charge is -2.27. The summed E-state index contributed by atoms with van der Waals surface area (Å²) in [6, 6.07) is 38.3. The molecule has 8 N–H and O–H groups in total. The van der Waals surface area contributed by atoms with Gasteiger partial charge >= 0.3 is 5.97 Å². The number of hydrogen-bond acceptors (Lipinski definition) is 8. The number of halogens is 2. The molecule has 12 heteroatoms. The van der Waals surface area contributed by atoms with Crippen molar-refractivity contribution in [1.29, 1.82) is 10.8 Å². The average Bonchev–Trinajstić information content (AvgIpc) is 3.51. The molecule has 0 bridgehead atoms. The van der Waals surface area contributed by atoms with Gasteiger partial charge in [0.1, 0.15) is 23.1 Å². The molecule has 0 amide bonds. The Labute approximate surface area is 464 Å². The van der Waals surface area contributed by atoms with Gasteiger partial charge < -0.3 is 42.0 Å². The highest BCUT2D eigenvalue weighted by Gasteiger charge is 2.24. The number of nitrogen functional groups attached to an aromatic ring is 2. The van der Waals surface area contributed by atoms with Crippen molar-refractivity contribution in [2.75, 3.05) is 11.5 Å². The van der Waals surface area contributed by atoms with Crippen LogP contribution in [-0.2, 0) is 9.59 Å². The van der Waals surface area contributed by atoms with E-state index in [1.807, 2.05) is 98.8 Å².